The Kier molecular flexibility index (Phi) is 4.29. The third kappa shape index (κ3) is 2.99. The molecule has 0 saturated heterocycles. The Balaban J connectivity index is 1.85. The number of pyridine rings is 1. The van der Waals surface area contributed by atoms with Crippen molar-refractivity contribution in [3.05, 3.63) is 47.9 Å². The Morgan fingerprint density at radius 2 is 2.17 bits per heavy atom. The summed E-state index contributed by atoms with van der Waals surface area (Å²) >= 11 is 0. The highest BCUT2D eigenvalue weighted by atomic mass is 16.5. The number of ether oxygens (including phenoxy) is 1. The minimum Gasteiger partial charge on any atom is -0.486 e. The maximum Gasteiger partial charge on any atom is 0.269 e. The maximum absolute atomic E-state index is 12.3. The lowest BCUT2D eigenvalue weighted by atomic mass is 10.0. The van der Waals surface area contributed by atoms with E-state index in [4.69, 9.17) is 10.5 Å². The summed E-state index contributed by atoms with van der Waals surface area (Å²) in [6.07, 6.45) is 3.08. The molecule has 2 aromatic rings. The molecule has 4 N–H and O–H groups in total. The van der Waals surface area contributed by atoms with Crippen molar-refractivity contribution in [2.75, 3.05) is 0 Å². The number of aromatic nitrogens is 1. The van der Waals surface area contributed by atoms with E-state index in [9.17, 15) is 4.79 Å². The third-order valence-electron chi connectivity index (χ3n) is 3.99. The molecule has 3 rings (SSSR count). The summed E-state index contributed by atoms with van der Waals surface area (Å²) in [5, 5.41) is 6.97. The monoisotopic (exact) mass is 326 g/mol. The zero-order valence-corrected chi connectivity index (χ0v) is 14.0. The topological polar surface area (TPSA) is 89.3 Å². The van der Waals surface area contributed by atoms with Crippen LogP contribution in [0.15, 0.2) is 42.4 Å². The van der Waals surface area contributed by atoms with Crippen molar-refractivity contribution >= 4 is 16.8 Å². The molecular formula is C18H22N4O2. The van der Waals surface area contributed by atoms with Gasteiger partial charge in [-0.3, -0.25) is 9.78 Å². The van der Waals surface area contributed by atoms with Crippen LogP contribution in [0.25, 0.3) is 10.9 Å². The Morgan fingerprint density at radius 1 is 1.38 bits per heavy atom. The van der Waals surface area contributed by atoms with Gasteiger partial charge in [-0.25, -0.2) is 0 Å². The SMILES string of the molecule is CC(C)N/C=C(\N)C(=O)NC1c2ccc3cccnc3c2OC1C. The van der Waals surface area contributed by atoms with Crippen molar-refractivity contribution in [1.82, 2.24) is 15.6 Å². The molecule has 1 aliphatic rings. The van der Waals surface area contributed by atoms with E-state index in [2.05, 4.69) is 15.6 Å². The molecule has 1 aromatic heterocycles. The van der Waals surface area contributed by atoms with E-state index in [1.165, 1.54) is 6.20 Å². The molecule has 0 bridgehead atoms. The summed E-state index contributed by atoms with van der Waals surface area (Å²) < 4.78 is 5.96. The molecule has 0 spiro atoms. The van der Waals surface area contributed by atoms with Crippen molar-refractivity contribution in [1.29, 1.82) is 0 Å². The van der Waals surface area contributed by atoms with Crippen LogP contribution in [0.1, 0.15) is 32.4 Å². The number of rotatable bonds is 4. The van der Waals surface area contributed by atoms with Gasteiger partial charge in [-0.1, -0.05) is 18.2 Å². The van der Waals surface area contributed by atoms with Crippen molar-refractivity contribution in [2.24, 2.45) is 5.73 Å². The van der Waals surface area contributed by atoms with Gasteiger partial charge in [0.2, 0.25) is 0 Å². The van der Waals surface area contributed by atoms with Crippen LogP contribution < -0.4 is 21.1 Å². The average molecular weight is 326 g/mol. The molecule has 2 unspecified atom stereocenters. The smallest absolute Gasteiger partial charge is 0.269 e. The van der Waals surface area contributed by atoms with Gasteiger partial charge in [0.15, 0.2) is 5.75 Å². The molecule has 0 aliphatic carbocycles. The van der Waals surface area contributed by atoms with E-state index < -0.39 is 0 Å². The van der Waals surface area contributed by atoms with Gasteiger partial charge in [0.05, 0.1) is 6.04 Å². The van der Waals surface area contributed by atoms with Crippen molar-refractivity contribution in [2.45, 2.75) is 39.0 Å². The number of hydrogen-bond acceptors (Lipinski definition) is 5. The number of nitrogens with one attached hydrogen (secondary N) is 2. The van der Waals surface area contributed by atoms with E-state index >= 15 is 0 Å². The van der Waals surface area contributed by atoms with Crippen LogP contribution in [0.4, 0.5) is 0 Å². The minimum absolute atomic E-state index is 0.142. The standard InChI is InChI=1S/C18H22N4O2/c1-10(2)21-9-14(19)18(23)22-15-11(3)24-17-13(15)7-6-12-5-4-8-20-16(12)17/h4-11,15,21H,19H2,1-3H3,(H,22,23)/b14-9-. The van der Waals surface area contributed by atoms with Gasteiger partial charge in [-0.05, 0) is 26.8 Å². The Morgan fingerprint density at radius 3 is 2.92 bits per heavy atom. The second kappa shape index (κ2) is 6.39. The summed E-state index contributed by atoms with van der Waals surface area (Å²) in [6.45, 7) is 5.87. The van der Waals surface area contributed by atoms with Gasteiger partial charge in [0, 0.05) is 29.4 Å². The molecule has 6 nitrogen and oxygen atoms in total. The summed E-state index contributed by atoms with van der Waals surface area (Å²) in [4.78, 5) is 16.7. The van der Waals surface area contributed by atoms with E-state index in [1.54, 1.807) is 6.20 Å². The highest BCUT2D eigenvalue weighted by Gasteiger charge is 2.34. The van der Waals surface area contributed by atoms with Crippen LogP contribution in [0.3, 0.4) is 0 Å². The minimum atomic E-state index is -0.322. The number of benzene rings is 1. The maximum atomic E-state index is 12.3. The average Bonchev–Trinajstić information content (AvgIpc) is 2.88. The van der Waals surface area contributed by atoms with E-state index in [0.29, 0.717) is 0 Å². The normalized spacial score (nSPS) is 19.9. The second-order valence-corrected chi connectivity index (χ2v) is 6.25. The summed E-state index contributed by atoms with van der Waals surface area (Å²) in [7, 11) is 0. The fraction of sp³-hybridized carbons (Fsp3) is 0.333. The molecule has 2 atom stereocenters. The third-order valence-corrected chi connectivity index (χ3v) is 3.99. The number of nitrogens with two attached hydrogens (primary N) is 1. The number of carbonyl (C=O) groups is 1. The van der Waals surface area contributed by atoms with Gasteiger partial charge in [0.25, 0.3) is 5.91 Å². The first-order chi connectivity index (χ1) is 11.5. The zero-order chi connectivity index (χ0) is 17.3. The van der Waals surface area contributed by atoms with Gasteiger partial charge in [-0.15, -0.1) is 0 Å². The Bertz CT molecular complexity index is 801. The van der Waals surface area contributed by atoms with Crippen LogP contribution in [-0.4, -0.2) is 23.0 Å². The molecule has 1 aromatic carbocycles. The van der Waals surface area contributed by atoms with E-state index in [-0.39, 0.29) is 29.8 Å². The highest BCUT2D eigenvalue weighted by molar-refractivity contribution is 5.93. The van der Waals surface area contributed by atoms with Crippen LogP contribution in [0, 0.1) is 0 Å². The first-order valence-corrected chi connectivity index (χ1v) is 8.04. The molecule has 24 heavy (non-hydrogen) atoms. The zero-order valence-electron chi connectivity index (χ0n) is 14.0. The first kappa shape index (κ1) is 16.1. The predicted molar refractivity (Wildman–Crippen MR) is 93.3 cm³/mol. The number of carbonyl (C=O) groups excluding carboxylic acids is 1. The van der Waals surface area contributed by atoms with Gasteiger partial charge in [0.1, 0.15) is 17.3 Å². The molecule has 6 heteroatoms. The number of nitrogens with zero attached hydrogens (tertiary/aromatic N) is 1. The fourth-order valence-electron chi connectivity index (χ4n) is 2.75. The lowest BCUT2D eigenvalue weighted by Crippen LogP contribution is -2.37. The molecule has 2 heterocycles. The quantitative estimate of drug-likeness (QED) is 0.748. The molecule has 0 fully saturated rings. The fourth-order valence-corrected chi connectivity index (χ4v) is 2.75. The number of hydrogen-bond donors (Lipinski definition) is 3. The van der Waals surface area contributed by atoms with E-state index in [0.717, 1.165) is 22.2 Å². The molecule has 126 valence electrons. The lowest BCUT2D eigenvalue weighted by Gasteiger charge is -2.17. The van der Waals surface area contributed by atoms with Crippen LogP contribution >= 0.6 is 0 Å². The molecule has 1 amide bonds. The summed E-state index contributed by atoms with van der Waals surface area (Å²) in [5.74, 6) is 0.409. The second-order valence-electron chi connectivity index (χ2n) is 6.25. The number of fused-ring (bicyclic) bond motifs is 3. The summed E-state index contributed by atoms with van der Waals surface area (Å²) in [5.41, 5.74) is 7.71. The van der Waals surface area contributed by atoms with Crippen LogP contribution in [0.2, 0.25) is 0 Å². The highest BCUT2D eigenvalue weighted by Crippen LogP contribution is 2.40. The van der Waals surface area contributed by atoms with Crippen LogP contribution in [0.5, 0.6) is 5.75 Å². The first-order valence-electron chi connectivity index (χ1n) is 8.04. The predicted octanol–water partition coefficient (Wildman–Crippen LogP) is 1.97. The van der Waals surface area contributed by atoms with E-state index in [1.807, 2.05) is 45.0 Å². The van der Waals surface area contributed by atoms with Crippen molar-refractivity contribution < 1.29 is 9.53 Å². The Labute approximate surface area is 141 Å². The molecular weight excluding hydrogens is 304 g/mol. The molecule has 0 radical (unpaired) electrons. The van der Waals surface area contributed by atoms with Gasteiger partial charge < -0.3 is 21.1 Å². The van der Waals surface area contributed by atoms with Crippen LogP contribution in [-0.2, 0) is 4.79 Å². The van der Waals surface area contributed by atoms with Crippen molar-refractivity contribution in [3.63, 3.8) is 0 Å². The Hall–Kier alpha value is -2.76. The van der Waals surface area contributed by atoms with Gasteiger partial charge in [-0.2, -0.15) is 0 Å². The lowest BCUT2D eigenvalue weighted by molar-refractivity contribution is -0.118. The van der Waals surface area contributed by atoms with Crippen molar-refractivity contribution in [3.8, 4) is 5.75 Å². The van der Waals surface area contributed by atoms with Gasteiger partial charge >= 0.3 is 0 Å². The number of amides is 1. The molecule has 1 aliphatic heterocycles. The molecule has 0 saturated carbocycles. The largest absolute Gasteiger partial charge is 0.486 e. The summed E-state index contributed by atoms with van der Waals surface area (Å²) in [6, 6.07) is 7.79.